The van der Waals surface area contributed by atoms with E-state index in [-0.39, 0.29) is 0 Å². The van der Waals surface area contributed by atoms with Crippen LogP contribution in [0.25, 0.3) is 0 Å². The quantitative estimate of drug-likeness (QED) is 0.654. The monoisotopic (exact) mass is 319 g/mol. The van der Waals surface area contributed by atoms with Crippen molar-refractivity contribution < 1.29 is 0 Å². The molecule has 1 unspecified atom stereocenters. The molecule has 0 aliphatic heterocycles. The third-order valence-electron chi connectivity index (χ3n) is 3.19. The van der Waals surface area contributed by atoms with Gasteiger partial charge in [0.25, 0.3) is 0 Å². The van der Waals surface area contributed by atoms with E-state index in [9.17, 15) is 0 Å². The normalized spacial score (nSPS) is 12.7. The summed E-state index contributed by atoms with van der Waals surface area (Å²) in [4.78, 5) is 5.66. The van der Waals surface area contributed by atoms with Crippen LogP contribution in [0, 0.1) is 6.92 Å². The van der Waals surface area contributed by atoms with Gasteiger partial charge in [-0.05, 0) is 41.9 Å². The Bertz CT molecular complexity index is 623. The lowest BCUT2D eigenvalue weighted by Gasteiger charge is -2.16. The number of rotatable bonds is 6. The van der Waals surface area contributed by atoms with Gasteiger partial charge in [0.15, 0.2) is 0 Å². The fraction of sp³-hybridized carbons (Fsp3) is 0.250. The minimum Gasteiger partial charge on any atom is -0.304 e. The lowest BCUT2D eigenvalue weighted by Crippen LogP contribution is -2.21. The summed E-state index contributed by atoms with van der Waals surface area (Å²) < 4.78 is 0. The molecule has 0 aliphatic carbocycles. The first kappa shape index (κ1) is 14.0. The summed E-state index contributed by atoms with van der Waals surface area (Å²) >= 11 is 5.56. The van der Waals surface area contributed by atoms with Gasteiger partial charge in [-0.1, -0.05) is 12.1 Å². The average Bonchev–Trinajstić information content (AvgIpc) is 3.17. The van der Waals surface area contributed by atoms with E-state index < -0.39 is 0 Å². The number of nitrogens with one attached hydrogen (secondary N) is 1. The van der Waals surface area contributed by atoms with Gasteiger partial charge in [-0.3, -0.25) is 0 Å². The Morgan fingerprint density at radius 2 is 1.85 bits per heavy atom. The predicted molar refractivity (Wildman–Crippen MR) is 91.0 cm³/mol. The second-order valence-corrected chi connectivity index (χ2v) is 8.13. The van der Waals surface area contributed by atoms with Crippen molar-refractivity contribution in [1.82, 2.24) is 5.32 Å². The summed E-state index contributed by atoms with van der Waals surface area (Å²) in [6, 6.07) is 13.6. The van der Waals surface area contributed by atoms with Crippen molar-refractivity contribution in [3.63, 3.8) is 0 Å². The van der Waals surface area contributed by atoms with Gasteiger partial charge in [-0.25, -0.2) is 0 Å². The van der Waals surface area contributed by atoms with Gasteiger partial charge in [0.2, 0.25) is 0 Å². The van der Waals surface area contributed by atoms with Crippen LogP contribution in [0.15, 0.2) is 47.2 Å². The van der Waals surface area contributed by atoms with Crippen molar-refractivity contribution in [2.24, 2.45) is 0 Å². The topological polar surface area (TPSA) is 12.0 Å². The van der Waals surface area contributed by atoms with Gasteiger partial charge in [0, 0.05) is 38.5 Å². The molecule has 1 atom stereocenters. The number of hydrogen-bond acceptors (Lipinski definition) is 4. The van der Waals surface area contributed by atoms with Gasteiger partial charge in [0.05, 0.1) is 0 Å². The molecule has 0 aromatic carbocycles. The van der Waals surface area contributed by atoms with Crippen LogP contribution in [0.1, 0.15) is 25.6 Å². The molecule has 1 N–H and O–H groups in total. The molecule has 0 bridgehead atoms. The predicted octanol–water partition coefficient (Wildman–Crippen LogP) is 5.25. The molecule has 3 heterocycles. The van der Waals surface area contributed by atoms with Gasteiger partial charge in [0.1, 0.15) is 0 Å². The molecule has 3 aromatic rings. The molecule has 0 fully saturated rings. The van der Waals surface area contributed by atoms with Crippen LogP contribution in [0.3, 0.4) is 0 Å². The molecular formula is C16H17NS3. The first-order valence-electron chi connectivity index (χ1n) is 6.66. The lowest BCUT2D eigenvalue weighted by atomic mass is 10.1. The van der Waals surface area contributed by atoms with Crippen LogP contribution in [-0.4, -0.2) is 0 Å². The van der Waals surface area contributed by atoms with Crippen LogP contribution in [0.2, 0.25) is 0 Å². The highest BCUT2D eigenvalue weighted by Crippen LogP contribution is 2.26. The second kappa shape index (κ2) is 6.68. The summed E-state index contributed by atoms with van der Waals surface area (Å²) in [5, 5.41) is 8.03. The number of aryl methyl sites for hydroxylation is 1. The van der Waals surface area contributed by atoms with Crippen molar-refractivity contribution in [3.8, 4) is 0 Å². The van der Waals surface area contributed by atoms with Crippen LogP contribution in [-0.2, 0) is 13.0 Å². The van der Waals surface area contributed by atoms with E-state index in [0.717, 1.165) is 13.0 Å². The van der Waals surface area contributed by atoms with E-state index in [2.05, 4.69) is 59.4 Å². The maximum absolute atomic E-state index is 3.72. The van der Waals surface area contributed by atoms with Gasteiger partial charge in [-0.2, -0.15) is 0 Å². The first-order valence-corrected chi connectivity index (χ1v) is 9.23. The molecule has 4 heteroatoms. The molecule has 0 spiro atoms. The van der Waals surface area contributed by atoms with Gasteiger partial charge >= 0.3 is 0 Å². The maximum Gasteiger partial charge on any atom is 0.0466 e. The molecule has 0 amide bonds. The Hall–Kier alpha value is -0.940. The Kier molecular flexibility index (Phi) is 4.68. The SMILES string of the molecule is Cc1ccc(CNC(Cc2cccs2)c2cccs2)s1. The number of thiophene rings is 3. The van der Waals surface area contributed by atoms with Crippen molar-refractivity contribution in [2.75, 3.05) is 0 Å². The second-order valence-electron chi connectivity index (χ2n) is 4.74. The van der Waals surface area contributed by atoms with Crippen molar-refractivity contribution in [1.29, 1.82) is 0 Å². The van der Waals surface area contributed by atoms with E-state index >= 15 is 0 Å². The summed E-state index contributed by atoms with van der Waals surface area (Å²) in [5.74, 6) is 0. The number of hydrogen-bond donors (Lipinski definition) is 1. The maximum atomic E-state index is 3.72. The van der Waals surface area contributed by atoms with Crippen LogP contribution in [0.4, 0.5) is 0 Å². The van der Waals surface area contributed by atoms with E-state index in [1.807, 2.05) is 34.0 Å². The summed E-state index contributed by atoms with van der Waals surface area (Å²) in [6.07, 6.45) is 1.07. The minimum absolute atomic E-state index is 0.413. The Labute approximate surface area is 131 Å². The average molecular weight is 320 g/mol. The molecule has 20 heavy (non-hydrogen) atoms. The van der Waals surface area contributed by atoms with Crippen molar-refractivity contribution in [3.05, 3.63) is 66.7 Å². The molecule has 0 aliphatic rings. The fourth-order valence-corrected chi connectivity index (χ4v) is 4.59. The van der Waals surface area contributed by atoms with E-state index in [0.29, 0.717) is 6.04 Å². The van der Waals surface area contributed by atoms with Crippen LogP contribution in [0.5, 0.6) is 0 Å². The largest absolute Gasteiger partial charge is 0.304 e. The zero-order valence-electron chi connectivity index (χ0n) is 11.3. The highest BCUT2D eigenvalue weighted by Gasteiger charge is 2.14. The molecule has 3 rings (SSSR count). The van der Waals surface area contributed by atoms with Crippen molar-refractivity contribution >= 4 is 34.0 Å². The highest BCUT2D eigenvalue weighted by molar-refractivity contribution is 7.12. The smallest absolute Gasteiger partial charge is 0.0466 e. The Morgan fingerprint density at radius 3 is 2.50 bits per heavy atom. The van der Waals surface area contributed by atoms with E-state index in [1.165, 1.54) is 19.5 Å². The zero-order valence-corrected chi connectivity index (χ0v) is 13.8. The summed E-state index contributed by atoms with van der Waals surface area (Å²) in [5.41, 5.74) is 0. The van der Waals surface area contributed by atoms with E-state index in [4.69, 9.17) is 0 Å². The lowest BCUT2D eigenvalue weighted by molar-refractivity contribution is 0.545. The Balaban J connectivity index is 1.69. The third-order valence-corrected chi connectivity index (χ3v) is 6.08. The minimum atomic E-state index is 0.413. The summed E-state index contributed by atoms with van der Waals surface area (Å²) in [6.45, 7) is 3.11. The van der Waals surface area contributed by atoms with Crippen LogP contribution >= 0.6 is 34.0 Å². The third kappa shape index (κ3) is 3.58. The summed E-state index contributed by atoms with van der Waals surface area (Å²) in [7, 11) is 0. The van der Waals surface area contributed by atoms with Crippen molar-refractivity contribution in [2.45, 2.75) is 25.9 Å². The standard InChI is InChI=1S/C16H17NS3/c1-12-6-7-14(20-12)11-17-15(16-5-3-9-19-16)10-13-4-2-8-18-13/h2-9,15,17H,10-11H2,1H3. The Morgan fingerprint density at radius 1 is 1.00 bits per heavy atom. The molecule has 0 radical (unpaired) electrons. The fourth-order valence-electron chi connectivity index (χ4n) is 2.20. The highest BCUT2D eigenvalue weighted by atomic mass is 32.1. The molecule has 1 nitrogen and oxygen atoms in total. The van der Waals surface area contributed by atoms with E-state index in [1.54, 1.807) is 0 Å². The first-order chi connectivity index (χ1) is 9.81. The molecule has 0 saturated heterocycles. The van der Waals surface area contributed by atoms with Crippen LogP contribution < -0.4 is 5.32 Å². The molecule has 3 aromatic heterocycles. The van der Waals surface area contributed by atoms with Gasteiger partial charge in [-0.15, -0.1) is 34.0 Å². The van der Waals surface area contributed by atoms with Gasteiger partial charge < -0.3 is 5.32 Å². The zero-order chi connectivity index (χ0) is 13.8. The molecule has 104 valence electrons. The molecular weight excluding hydrogens is 302 g/mol. The molecule has 0 saturated carbocycles.